The maximum atomic E-state index is 12.0. The van der Waals surface area contributed by atoms with E-state index in [4.69, 9.17) is 9.15 Å². The van der Waals surface area contributed by atoms with Gasteiger partial charge in [0.05, 0.1) is 12.4 Å². The lowest BCUT2D eigenvalue weighted by Gasteiger charge is -2.32. The maximum absolute atomic E-state index is 12.0. The molecule has 116 valence electrons. The molecule has 3 rings (SSSR count). The molecule has 1 aromatic heterocycles. The zero-order valence-electron chi connectivity index (χ0n) is 12.7. The average molecular weight is 299 g/mol. The van der Waals surface area contributed by atoms with Crippen LogP contribution in [-0.4, -0.2) is 19.1 Å². The van der Waals surface area contributed by atoms with Crippen LogP contribution in [0.15, 0.2) is 47.1 Å². The van der Waals surface area contributed by atoms with Crippen LogP contribution in [0.25, 0.3) is 0 Å². The number of hydrogen-bond donors (Lipinski definition) is 1. The zero-order valence-corrected chi connectivity index (χ0v) is 12.7. The second-order valence-corrected chi connectivity index (χ2v) is 5.79. The van der Waals surface area contributed by atoms with E-state index in [-0.39, 0.29) is 17.9 Å². The molecule has 1 saturated heterocycles. The Morgan fingerprint density at radius 1 is 1.27 bits per heavy atom. The number of amides is 1. The number of hydrogen-bond acceptors (Lipinski definition) is 3. The molecule has 0 unspecified atom stereocenters. The van der Waals surface area contributed by atoms with Crippen LogP contribution in [0.5, 0.6) is 0 Å². The van der Waals surface area contributed by atoms with E-state index in [9.17, 15) is 4.79 Å². The molecule has 22 heavy (non-hydrogen) atoms. The number of aryl methyl sites for hydroxylation is 1. The fraction of sp³-hybridized carbons (Fsp3) is 0.389. The first-order chi connectivity index (χ1) is 10.7. The predicted molar refractivity (Wildman–Crippen MR) is 83.6 cm³/mol. The summed E-state index contributed by atoms with van der Waals surface area (Å²) < 4.78 is 11.1. The van der Waals surface area contributed by atoms with E-state index in [0.29, 0.717) is 12.3 Å². The van der Waals surface area contributed by atoms with E-state index in [0.717, 1.165) is 19.4 Å². The fourth-order valence-electron chi connectivity index (χ4n) is 2.90. The van der Waals surface area contributed by atoms with Crippen LogP contribution >= 0.6 is 0 Å². The number of rotatable bonds is 4. The Hall–Kier alpha value is -2.07. The molecule has 2 aromatic rings. The van der Waals surface area contributed by atoms with Crippen molar-refractivity contribution in [2.45, 2.75) is 25.9 Å². The Labute approximate surface area is 130 Å². The molecule has 0 bridgehead atoms. The first kappa shape index (κ1) is 14.9. The molecule has 1 N–H and O–H groups in total. The zero-order chi connectivity index (χ0) is 15.4. The van der Waals surface area contributed by atoms with Gasteiger partial charge in [-0.25, -0.2) is 0 Å². The number of ether oxygens (including phenoxy) is 1. The largest absolute Gasteiger partial charge is 0.459 e. The van der Waals surface area contributed by atoms with E-state index in [2.05, 4.69) is 36.5 Å². The van der Waals surface area contributed by atoms with Gasteiger partial charge in [-0.3, -0.25) is 4.79 Å². The van der Waals surface area contributed by atoms with E-state index in [1.165, 1.54) is 17.4 Å². The second-order valence-electron chi connectivity index (χ2n) is 5.79. The second kappa shape index (κ2) is 6.79. The summed E-state index contributed by atoms with van der Waals surface area (Å²) in [5.41, 5.74) is 2.42. The lowest BCUT2D eigenvalue weighted by molar-refractivity contribution is -0.0273. The van der Waals surface area contributed by atoms with E-state index in [1.807, 2.05) is 0 Å². The van der Waals surface area contributed by atoms with Crippen molar-refractivity contribution in [1.29, 1.82) is 0 Å². The Morgan fingerprint density at radius 3 is 2.82 bits per heavy atom. The van der Waals surface area contributed by atoms with Crippen LogP contribution in [0, 0.1) is 12.8 Å². The quantitative estimate of drug-likeness (QED) is 0.940. The van der Waals surface area contributed by atoms with E-state index < -0.39 is 0 Å². The molecule has 1 aliphatic rings. The topological polar surface area (TPSA) is 51.5 Å². The highest BCUT2D eigenvalue weighted by molar-refractivity contribution is 5.91. The summed E-state index contributed by atoms with van der Waals surface area (Å²) in [6.45, 7) is 3.45. The van der Waals surface area contributed by atoms with Crippen LogP contribution < -0.4 is 5.32 Å². The number of nitrogens with one attached hydrogen (secondary N) is 1. The van der Waals surface area contributed by atoms with Gasteiger partial charge in [-0.05, 0) is 37.5 Å². The molecular weight excluding hydrogens is 278 g/mol. The van der Waals surface area contributed by atoms with Crippen LogP contribution in [-0.2, 0) is 4.74 Å². The monoisotopic (exact) mass is 299 g/mol. The van der Waals surface area contributed by atoms with Gasteiger partial charge in [0.2, 0.25) is 0 Å². The smallest absolute Gasteiger partial charge is 0.286 e. The lowest BCUT2D eigenvalue weighted by atomic mass is 9.89. The van der Waals surface area contributed by atoms with Gasteiger partial charge in [-0.2, -0.15) is 0 Å². The molecule has 4 heteroatoms. The highest BCUT2D eigenvalue weighted by Crippen LogP contribution is 2.33. The van der Waals surface area contributed by atoms with Crippen LogP contribution in [0.1, 0.15) is 40.6 Å². The molecule has 1 aromatic carbocycles. The average Bonchev–Trinajstić information content (AvgIpc) is 3.08. The van der Waals surface area contributed by atoms with Crippen molar-refractivity contribution in [3.05, 3.63) is 59.5 Å². The minimum atomic E-state index is -0.168. The standard InChI is InChI=1S/C18H21NO3/c1-13-6-8-14(9-7-13)17-15(4-2-11-22-17)12-19-18(20)16-5-3-10-21-16/h3,5-10,15,17H,2,4,11-12H2,1H3,(H,19,20)/t15-,17-/m0/s1. The number of furan rings is 1. The third-order valence-corrected chi connectivity index (χ3v) is 4.12. The molecule has 0 radical (unpaired) electrons. The van der Waals surface area contributed by atoms with Crippen molar-refractivity contribution in [2.75, 3.05) is 13.2 Å². The maximum Gasteiger partial charge on any atom is 0.286 e. The van der Waals surface area contributed by atoms with E-state index in [1.54, 1.807) is 12.1 Å². The van der Waals surface area contributed by atoms with Crippen LogP contribution in [0.3, 0.4) is 0 Å². The molecule has 0 saturated carbocycles. The molecule has 2 heterocycles. The van der Waals surface area contributed by atoms with Crippen molar-refractivity contribution >= 4 is 5.91 Å². The molecule has 0 spiro atoms. The number of carbonyl (C=O) groups is 1. The van der Waals surface area contributed by atoms with Crippen molar-refractivity contribution in [1.82, 2.24) is 5.32 Å². The van der Waals surface area contributed by atoms with Gasteiger partial charge in [0.15, 0.2) is 5.76 Å². The predicted octanol–water partition coefficient (Wildman–Crippen LogP) is 3.49. The molecule has 2 atom stereocenters. The van der Waals surface area contributed by atoms with Gasteiger partial charge in [0, 0.05) is 19.1 Å². The molecule has 4 nitrogen and oxygen atoms in total. The van der Waals surface area contributed by atoms with Gasteiger partial charge >= 0.3 is 0 Å². The SMILES string of the molecule is Cc1ccc([C@@H]2OCCC[C@H]2CNC(=O)c2ccco2)cc1. The molecule has 1 aliphatic heterocycles. The first-order valence-electron chi connectivity index (χ1n) is 7.74. The van der Waals surface area contributed by atoms with Crippen molar-refractivity contribution in [2.24, 2.45) is 5.92 Å². The van der Waals surface area contributed by atoms with Crippen molar-refractivity contribution < 1.29 is 13.9 Å². The Bertz CT molecular complexity index is 604. The summed E-state index contributed by atoms with van der Waals surface area (Å²) in [5, 5.41) is 2.95. The summed E-state index contributed by atoms with van der Waals surface area (Å²) >= 11 is 0. The lowest BCUT2D eigenvalue weighted by Crippen LogP contribution is -2.35. The summed E-state index contributed by atoms with van der Waals surface area (Å²) in [5.74, 6) is 0.470. The normalized spacial score (nSPS) is 21.5. The Balaban J connectivity index is 1.65. The number of benzene rings is 1. The molecule has 1 fully saturated rings. The van der Waals surface area contributed by atoms with Gasteiger partial charge in [-0.1, -0.05) is 29.8 Å². The highest BCUT2D eigenvalue weighted by atomic mass is 16.5. The third kappa shape index (κ3) is 3.39. The fourth-order valence-corrected chi connectivity index (χ4v) is 2.90. The summed E-state index contributed by atoms with van der Waals surface area (Å²) in [6, 6.07) is 11.8. The van der Waals surface area contributed by atoms with Crippen LogP contribution in [0.4, 0.5) is 0 Å². The Kier molecular flexibility index (Phi) is 4.59. The molecule has 0 aliphatic carbocycles. The highest BCUT2D eigenvalue weighted by Gasteiger charge is 2.28. The summed E-state index contributed by atoms with van der Waals surface area (Å²) in [6.07, 6.45) is 3.64. The first-order valence-corrected chi connectivity index (χ1v) is 7.74. The summed E-state index contributed by atoms with van der Waals surface area (Å²) in [4.78, 5) is 12.0. The van der Waals surface area contributed by atoms with E-state index >= 15 is 0 Å². The van der Waals surface area contributed by atoms with Crippen molar-refractivity contribution in [3.63, 3.8) is 0 Å². The Morgan fingerprint density at radius 2 is 2.09 bits per heavy atom. The van der Waals surface area contributed by atoms with Gasteiger partial charge < -0.3 is 14.5 Å². The molecule has 1 amide bonds. The summed E-state index contributed by atoms with van der Waals surface area (Å²) in [7, 11) is 0. The van der Waals surface area contributed by atoms with Gasteiger partial charge in [-0.15, -0.1) is 0 Å². The number of carbonyl (C=O) groups excluding carboxylic acids is 1. The molecular formula is C18H21NO3. The third-order valence-electron chi connectivity index (χ3n) is 4.12. The van der Waals surface area contributed by atoms with Crippen molar-refractivity contribution in [3.8, 4) is 0 Å². The van der Waals surface area contributed by atoms with Gasteiger partial charge in [0.1, 0.15) is 0 Å². The minimum Gasteiger partial charge on any atom is -0.459 e. The van der Waals surface area contributed by atoms with Crippen LogP contribution in [0.2, 0.25) is 0 Å². The minimum absolute atomic E-state index is 0.0475. The van der Waals surface area contributed by atoms with Gasteiger partial charge in [0.25, 0.3) is 5.91 Å².